The first kappa shape index (κ1) is 22.7. The summed E-state index contributed by atoms with van der Waals surface area (Å²) in [5.74, 6) is 0.482. The van der Waals surface area contributed by atoms with Crippen molar-refractivity contribution in [2.24, 2.45) is 0 Å². The Labute approximate surface area is 190 Å². The average molecular weight is 458 g/mol. The van der Waals surface area contributed by atoms with Gasteiger partial charge in [-0.2, -0.15) is 0 Å². The lowest BCUT2D eigenvalue weighted by atomic mass is 10.1. The van der Waals surface area contributed by atoms with Crippen molar-refractivity contribution in [3.05, 3.63) is 87.4 Å². The van der Waals surface area contributed by atoms with E-state index in [1.165, 1.54) is 0 Å². The zero-order valence-corrected chi connectivity index (χ0v) is 18.6. The molecule has 0 radical (unpaired) electrons. The number of benzene rings is 3. The van der Waals surface area contributed by atoms with E-state index in [0.29, 0.717) is 39.4 Å². The molecule has 5 nitrogen and oxygen atoms in total. The van der Waals surface area contributed by atoms with Crippen molar-refractivity contribution in [1.82, 2.24) is 0 Å². The molecule has 1 N–H and O–H groups in total. The van der Waals surface area contributed by atoms with Crippen molar-refractivity contribution in [1.29, 1.82) is 0 Å². The number of hydrogen-bond donors (Lipinski definition) is 1. The van der Waals surface area contributed by atoms with Gasteiger partial charge in [0.15, 0.2) is 0 Å². The number of anilines is 1. The number of hydrogen-bond acceptors (Lipinski definition) is 4. The van der Waals surface area contributed by atoms with Gasteiger partial charge in [-0.1, -0.05) is 29.3 Å². The highest BCUT2D eigenvalue weighted by atomic mass is 35.5. The second-order valence-electron chi connectivity index (χ2n) is 6.79. The number of rotatable bonds is 7. The van der Waals surface area contributed by atoms with Gasteiger partial charge in [0, 0.05) is 16.3 Å². The third-order valence-electron chi connectivity index (χ3n) is 4.41. The molecule has 31 heavy (non-hydrogen) atoms. The first-order valence-corrected chi connectivity index (χ1v) is 10.4. The highest BCUT2D eigenvalue weighted by Gasteiger charge is 2.10. The molecule has 0 fully saturated rings. The molecular formula is C24H21Cl2NO4. The Morgan fingerprint density at radius 3 is 2.32 bits per heavy atom. The Balaban J connectivity index is 1.63. The van der Waals surface area contributed by atoms with E-state index < -0.39 is 0 Å². The fourth-order valence-electron chi connectivity index (χ4n) is 2.84. The van der Waals surface area contributed by atoms with Crippen LogP contribution in [0, 0.1) is 6.92 Å². The maximum atomic E-state index is 12.4. The molecule has 0 saturated heterocycles. The van der Waals surface area contributed by atoms with Crippen molar-refractivity contribution in [2.45, 2.75) is 20.3 Å². The molecule has 0 aliphatic heterocycles. The molecule has 3 rings (SSSR count). The van der Waals surface area contributed by atoms with Crippen LogP contribution in [0.15, 0.2) is 60.7 Å². The predicted molar refractivity (Wildman–Crippen MR) is 122 cm³/mol. The third kappa shape index (κ3) is 6.23. The van der Waals surface area contributed by atoms with Crippen LogP contribution in [0.2, 0.25) is 10.0 Å². The van der Waals surface area contributed by atoms with Gasteiger partial charge in [0.2, 0.25) is 0 Å². The lowest BCUT2D eigenvalue weighted by Crippen LogP contribution is -2.11. The van der Waals surface area contributed by atoms with E-state index in [1.54, 1.807) is 67.6 Å². The van der Waals surface area contributed by atoms with E-state index >= 15 is 0 Å². The van der Waals surface area contributed by atoms with Crippen molar-refractivity contribution in [2.75, 3.05) is 11.9 Å². The van der Waals surface area contributed by atoms with Gasteiger partial charge in [0.05, 0.1) is 18.1 Å². The largest absolute Gasteiger partial charge is 0.466 e. The molecule has 160 valence electrons. The van der Waals surface area contributed by atoms with Crippen molar-refractivity contribution >= 4 is 40.8 Å². The standard InChI is InChI=1S/C24H21Cl2NO4/c1-3-30-23(28)14-16-4-11-22(21(26)13-16)31-19-8-6-18(7-9-19)27-24(29)17-5-10-20(25)15(2)12-17/h4-13H,3,14H2,1-2H3,(H,27,29). The van der Waals surface area contributed by atoms with Gasteiger partial charge in [-0.15, -0.1) is 0 Å². The van der Waals surface area contributed by atoms with Gasteiger partial charge in [0.1, 0.15) is 11.5 Å². The first-order chi connectivity index (χ1) is 14.9. The Hall–Kier alpha value is -3.02. The van der Waals surface area contributed by atoms with Gasteiger partial charge < -0.3 is 14.8 Å². The van der Waals surface area contributed by atoms with Gasteiger partial charge in [-0.3, -0.25) is 9.59 Å². The first-order valence-electron chi connectivity index (χ1n) is 9.65. The molecule has 0 heterocycles. The maximum Gasteiger partial charge on any atom is 0.310 e. The van der Waals surface area contributed by atoms with Gasteiger partial charge in [-0.25, -0.2) is 0 Å². The van der Waals surface area contributed by atoms with Crippen LogP contribution in [-0.4, -0.2) is 18.5 Å². The summed E-state index contributed by atoms with van der Waals surface area (Å²) >= 11 is 12.3. The fraction of sp³-hybridized carbons (Fsp3) is 0.167. The number of carbonyl (C=O) groups is 2. The van der Waals surface area contributed by atoms with E-state index in [-0.39, 0.29) is 18.3 Å². The molecule has 3 aromatic rings. The van der Waals surface area contributed by atoms with Crippen LogP contribution < -0.4 is 10.1 Å². The second kappa shape index (κ2) is 10.3. The third-order valence-corrected chi connectivity index (χ3v) is 5.13. The molecule has 0 saturated carbocycles. The van der Waals surface area contributed by atoms with Crippen LogP contribution in [0.25, 0.3) is 0 Å². The number of ether oxygens (including phenoxy) is 2. The van der Waals surface area contributed by atoms with E-state index in [4.69, 9.17) is 32.7 Å². The Morgan fingerprint density at radius 2 is 1.68 bits per heavy atom. The molecule has 3 aromatic carbocycles. The molecule has 0 bridgehead atoms. The van der Waals surface area contributed by atoms with E-state index in [0.717, 1.165) is 11.1 Å². The van der Waals surface area contributed by atoms with Gasteiger partial charge in [-0.05, 0) is 79.6 Å². The zero-order valence-electron chi connectivity index (χ0n) is 17.1. The Morgan fingerprint density at radius 1 is 0.935 bits per heavy atom. The van der Waals surface area contributed by atoms with Gasteiger partial charge in [0.25, 0.3) is 5.91 Å². The topological polar surface area (TPSA) is 64.6 Å². The molecular weight excluding hydrogens is 437 g/mol. The number of halogens is 2. The summed E-state index contributed by atoms with van der Waals surface area (Å²) in [6, 6.07) is 17.2. The molecule has 0 unspecified atom stereocenters. The summed E-state index contributed by atoms with van der Waals surface area (Å²) in [5.41, 5.74) is 2.73. The molecule has 7 heteroatoms. The van der Waals surface area contributed by atoms with Crippen molar-refractivity contribution < 1.29 is 19.1 Å². The predicted octanol–water partition coefficient (Wildman–Crippen LogP) is 6.45. The number of aryl methyl sites for hydroxylation is 1. The highest BCUT2D eigenvalue weighted by Crippen LogP contribution is 2.31. The van der Waals surface area contributed by atoms with Crippen LogP contribution in [0.5, 0.6) is 11.5 Å². The van der Waals surface area contributed by atoms with Crippen LogP contribution in [0.3, 0.4) is 0 Å². The maximum absolute atomic E-state index is 12.4. The minimum absolute atomic E-state index is 0.148. The molecule has 0 aliphatic rings. The highest BCUT2D eigenvalue weighted by molar-refractivity contribution is 6.32. The summed E-state index contributed by atoms with van der Waals surface area (Å²) in [5, 5.41) is 3.84. The van der Waals surface area contributed by atoms with Crippen LogP contribution in [-0.2, 0) is 16.0 Å². The Bertz CT molecular complexity index is 1100. The normalized spacial score (nSPS) is 10.5. The summed E-state index contributed by atoms with van der Waals surface area (Å²) < 4.78 is 10.8. The lowest BCUT2D eigenvalue weighted by Gasteiger charge is -2.11. The van der Waals surface area contributed by atoms with Gasteiger partial charge >= 0.3 is 5.97 Å². The smallest absolute Gasteiger partial charge is 0.310 e. The lowest BCUT2D eigenvalue weighted by molar-refractivity contribution is -0.142. The van der Waals surface area contributed by atoms with E-state index in [2.05, 4.69) is 5.32 Å². The molecule has 0 aromatic heterocycles. The minimum Gasteiger partial charge on any atom is -0.466 e. The van der Waals surface area contributed by atoms with Crippen LogP contribution >= 0.6 is 23.2 Å². The number of carbonyl (C=O) groups excluding carboxylic acids is 2. The molecule has 0 aliphatic carbocycles. The fourth-order valence-corrected chi connectivity index (χ4v) is 3.20. The van der Waals surface area contributed by atoms with Crippen molar-refractivity contribution in [3.8, 4) is 11.5 Å². The summed E-state index contributed by atoms with van der Waals surface area (Å²) in [4.78, 5) is 24.0. The van der Waals surface area contributed by atoms with Crippen molar-refractivity contribution in [3.63, 3.8) is 0 Å². The molecule has 1 amide bonds. The zero-order chi connectivity index (χ0) is 22.4. The summed E-state index contributed by atoms with van der Waals surface area (Å²) in [6.07, 6.45) is 0.148. The number of nitrogens with one attached hydrogen (secondary N) is 1. The summed E-state index contributed by atoms with van der Waals surface area (Å²) in [6.45, 7) is 3.94. The number of esters is 1. The molecule has 0 atom stereocenters. The SMILES string of the molecule is CCOC(=O)Cc1ccc(Oc2ccc(NC(=O)c3ccc(Cl)c(C)c3)cc2)c(Cl)c1. The summed E-state index contributed by atoms with van der Waals surface area (Å²) in [7, 11) is 0. The second-order valence-corrected chi connectivity index (χ2v) is 7.61. The van der Waals surface area contributed by atoms with Crippen LogP contribution in [0.4, 0.5) is 5.69 Å². The number of amides is 1. The van der Waals surface area contributed by atoms with E-state index in [9.17, 15) is 9.59 Å². The molecule has 0 spiro atoms. The monoisotopic (exact) mass is 457 g/mol. The quantitative estimate of drug-likeness (QED) is 0.413. The Kier molecular flexibility index (Phi) is 7.55. The van der Waals surface area contributed by atoms with Crippen LogP contribution in [0.1, 0.15) is 28.4 Å². The minimum atomic E-state index is -0.307. The average Bonchev–Trinajstić information content (AvgIpc) is 2.73. The van der Waals surface area contributed by atoms with E-state index in [1.807, 2.05) is 6.92 Å².